The van der Waals surface area contributed by atoms with E-state index in [1.165, 1.54) is 0 Å². The number of ether oxygens (including phenoxy) is 2. The minimum Gasteiger partial charge on any atom is -0.489 e. The first kappa shape index (κ1) is 19.9. The van der Waals surface area contributed by atoms with Crippen molar-refractivity contribution in [1.82, 2.24) is 4.90 Å². The topological polar surface area (TPSA) is 55.8 Å². The summed E-state index contributed by atoms with van der Waals surface area (Å²) >= 11 is 0. The second-order valence-electron chi connectivity index (χ2n) is 7.30. The van der Waals surface area contributed by atoms with Crippen LogP contribution in [0, 0.1) is 0 Å². The highest BCUT2D eigenvalue weighted by Crippen LogP contribution is 2.22. The van der Waals surface area contributed by atoms with Gasteiger partial charge in [-0.25, -0.2) is 4.79 Å². The van der Waals surface area contributed by atoms with Crippen molar-refractivity contribution >= 4 is 11.9 Å². The van der Waals surface area contributed by atoms with Crippen LogP contribution < -0.4 is 4.74 Å². The highest BCUT2D eigenvalue weighted by molar-refractivity contribution is 5.91. The predicted octanol–water partition coefficient (Wildman–Crippen LogP) is 4.21. The molecule has 3 rings (SSSR count). The normalized spacial score (nSPS) is 19.1. The van der Waals surface area contributed by atoms with Crippen molar-refractivity contribution in [3.63, 3.8) is 0 Å². The lowest BCUT2D eigenvalue weighted by molar-refractivity contribution is -0.140. The average Bonchev–Trinajstić information content (AvgIpc) is 2.71. The molecule has 0 N–H and O–H groups in total. The van der Waals surface area contributed by atoms with Gasteiger partial charge in [0.1, 0.15) is 12.4 Å². The Labute approximate surface area is 166 Å². The van der Waals surface area contributed by atoms with Crippen molar-refractivity contribution in [2.24, 2.45) is 0 Å². The molecule has 2 aromatic carbocycles. The molecule has 1 amide bonds. The number of piperidine rings is 1. The van der Waals surface area contributed by atoms with Gasteiger partial charge >= 0.3 is 5.97 Å². The molecule has 1 aliphatic rings. The second-order valence-corrected chi connectivity index (χ2v) is 7.30. The molecule has 0 saturated carbocycles. The third-order valence-electron chi connectivity index (χ3n) is 5.15. The van der Waals surface area contributed by atoms with Crippen LogP contribution in [-0.4, -0.2) is 35.5 Å². The van der Waals surface area contributed by atoms with Crippen LogP contribution in [0.3, 0.4) is 0 Å². The lowest BCUT2D eigenvalue weighted by Gasteiger charge is -2.38. The number of amides is 1. The maximum atomic E-state index is 12.5. The van der Waals surface area contributed by atoms with Crippen molar-refractivity contribution in [3.05, 3.63) is 65.7 Å². The molecule has 148 valence electrons. The Bertz CT molecular complexity index is 778. The van der Waals surface area contributed by atoms with Crippen molar-refractivity contribution in [3.8, 4) is 5.75 Å². The van der Waals surface area contributed by atoms with E-state index >= 15 is 0 Å². The van der Waals surface area contributed by atoms with E-state index in [0.29, 0.717) is 17.9 Å². The number of esters is 1. The first-order valence-corrected chi connectivity index (χ1v) is 9.79. The summed E-state index contributed by atoms with van der Waals surface area (Å²) in [7, 11) is 0. The van der Waals surface area contributed by atoms with Crippen LogP contribution in [0.1, 0.15) is 49.0 Å². The third-order valence-corrected chi connectivity index (χ3v) is 5.15. The highest BCUT2D eigenvalue weighted by atomic mass is 16.5. The molecule has 1 aliphatic heterocycles. The highest BCUT2D eigenvalue weighted by Gasteiger charge is 2.29. The Morgan fingerprint density at radius 3 is 2.25 bits per heavy atom. The molecule has 0 bridgehead atoms. The predicted molar refractivity (Wildman–Crippen MR) is 107 cm³/mol. The van der Waals surface area contributed by atoms with Gasteiger partial charge < -0.3 is 14.4 Å². The van der Waals surface area contributed by atoms with Gasteiger partial charge in [0.15, 0.2) is 6.61 Å². The number of carbonyl (C=O) groups excluding carboxylic acids is 2. The zero-order valence-corrected chi connectivity index (χ0v) is 16.5. The molecule has 5 nitrogen and oxygen atoms in total. The van der Waals surface area contributed by atoms with E-state index in [4.69, 9.17) is 9.47 Å². The largest absolute Gasteiger partial charge is 0.489 e. The Morgan fingerprint density at radius 2 is 1.61 bits per heavy atom. The van der Waals surface area contributed by atoms with Crippen LogP contribution in [0.5, 0.6) is 5.75 Å². The molecule has 5 heteroatoms. The maximum absolute atomic E-state index is 12.5. The zero-order chi connectivity index (χ0) is 19.9. The number of likely N-dealkylation sites (tertiary alicyclic amines) is 1. The van der Waals surface area contributed by atoms with E-state index in [-0.39, 0.29) is 24.6 Å². The fraction of sp³-hybridized carbons (Fsp3) is 0.391. The van der Waals surface area contributed by atoms with Crippen LogP contribution in [0.15, 0.2) is 54.6 Å². The molecule has 2 aromatic rings. The number of rotatable bonds is 6. The lowest BCUT2D eigenvalue weighted by atomic mass is 9.97. The van der Waals surface area contributed by atoms with Gasteiger partial charge in [-0.15, -0.1) is 0 Å². The lowest BCUT2D eigenvalue weighted by Crippen LogP contribution is -2.49. The Morgan fingerprint density at radius 1 is 0.964 bits per heavy atom. The number of carbonyl (C=O) groups is 2. The number of hydrogen-bond donors (Lipinski definition) is 0. The third kappa shape index (κ3) is 5.12. The molecule has 2 atom stereocenters. The molecule has 1 saturated heterocycles. The van der Waals surface area contributed by atoms with Crippen molar-refractivity contribution in [2.75, 3.05) is 6.61 Å². The van der Waals surface area contributed by atoms with Crippen LogP contribution >= 0.6 is 0 Å². The van der Waals surface area contributed by atoms with Crippen molar-refractivity contribution in [2.45, 2.75) is 51.8 Å². The molecule has 0 radical (unpaired) electrons. The monoisotopic (exact) mass is 381 g/mol. The van der Waals surface area contributed by atoms with Crippen LogP contribution in [0.2, 0.25) is 0 Å². The van der Waals surface area contributed by atoms with Crippen LogP contribution in [-0.2, 0) is 16.1 Å². The Hall–Kier alpha value is -2.82. The number of nitrogens with zero attached hydrogens (tertiary/aromatic N) is 1. The molecule has 1 fully saturated rings. The van der Waals surface area contributed by atoms with E-state index in [1.54, 1.807) is 24.3 Å². The van der Waals surface area contributed by atoms with Gasteiger partial charge in [-0.2, -0.15) is 0 Å². The van der Waals surface area contributed by atoms with E-state index in [9.17, 15) is 9.59 Å². The van der Waals surface area contributed by atoms with Gasteiger partial charge in [-0.3, -0.25) is 4.79 Å². The molecule has 0 aromatic heterocycles. The molecule has 0 aliphatic carbocycles. The van der Waals surface area contributed by atoms with Crippen LogP contribution in [0.4, 0.5) is 0 Å². The quantitative estimate of drug-likeness (QED) is 0.704. The van der Waals surface area contributed by atoms with Crippen molar-refractivity contribution < 1.29 is 19.1 Å². The minimum atomic E-state index is -0.500. The fourth-order valence-electron chi connectivity index (χ4n) is 3.63. The summed E-state index contributed by atoms with van der Waals surface area (Å²) in [6.45, 7) is 4.33. The first-order valence-electron chi connectivity index (χ1n) is 9.79. The van der Waals surface area contributed by atoms with Gasteiger partial charge in [-0.1, -0.05) is 30.3 Å². The maximum Gasteiger partial charge on any atom is 0.338 e. The van der Waals surface area contributed by atoms with Gasteiger partial charge in [0, 0.05) is 12.1 Å². The van der Waals surface area contributed by atoms with E-state index in [2.05, 4.69) is 0 Å². The second kappa shape index (κ2) is 9.40. The molecular weight excluding hydrogens is 354 g/mol. The van der Waals surface area contributed by atoms with Gasteiger partial charge in [0.2, 0.25) is 0 Å². The summed E-state index contributed by atoms with van der Waals surface area (Å²) in [5.41, 5.74) is 1.48. The van der Waals surface area contributed by atoms with Gasteiger partial charge in [0.25, 0.3) is 5.91 Å². The van der Waals surface area contributed by atoms with E-state index in [1.807, 2.05) is 49.1 Å². The average molecular weight is 381 g/mol. The fourth-order valence-corrected chi connectivity index (χ4v) is 3.63. The number of benzene rings is 2. The van der Waals surface area contributed by atoms with Gasteiger partial charge in [0.05, 0.1) is 5.56 Å². The first-order chi connectivity index (χ1) is 13.5. The van der Waals surface area contributed by atoms with Crippen LogP contribution in [0.25, 0.3) is 0 Å². The minimum absolute atomic E-state index is 0.129. The molecular formula is C23H27NO4. The van der Waals surface area contributed by atoms with Gasteiger partial charge in [-0.05, 0) is 62.9 Å². The summed E-state index contributed by atoms with van der Waals surface area (Å²) in [5, 5.41) is 0. The molecule has 28 heavy (non-hydrogen) atoms. The summed E-state index contributed by atoms with van der Waals surface area (Å²) < 4.78 is 11.0. The SMILES string of the molecule is C[C@@H]1CCC[C@H](C)N1C(=O)COC(=O)c1ccc(OCc2ccccc2)cc1. The Balaban J connectivity index is 1.49. The summed E-state index contributed by atoms with van der Waals surface area (Å²) in [6, 6.07) is 17.0. The zero-order valence-electron chi connectivity index (χ0n) is 16.5. The smallest absolute Gasteiger partial charge is 0.338 e. The Kier molecular flexibility index (Phi) is 6.69. The van der Waals surface area contributed by atoms with E-state index in [0.717, 1.165) is 24.8 Å². The molecule has 0 spiro atoms. The van der Waals surface area contributed by atoms with E-state index < -0.39 is 5.97 Å². The summed E-state index contributed by atoms with van der Waals surface area (Å²) in [4.78, 5) is 26.6. The number of hydrogen-bond acceptors (Lipinski definition) is 4. The standard InChI is InChI=1S/C23H27NO4/c1-17-7-6-8-18(2)24(17)22(25)16-28-23(26)20-11-13-21(14-12-20)27-15-19-9-4-3-5-10-19/h3-5,9-14,17-18H,6-8,15-16H2,1-2H3/t17-,18+. The molecule has 0 unspecified atom stereocenters. The molecule has 1 heterocycles. The van der Waals surface area contributed by atoms with Crippen molar-refractivity contribution in [1.29, 1.82) is 0 Å². The summed E-state index contributed by atoms with van der Waals surface area (Å²) in [5.74, 6) is 0.0450. The summed E-state index contributed by atoms with van der Waals surface area (Å²) in [6.07, 6.45) is 3.12.